The van der Waals surface area contributed by atoms with Crippen LogP contribution in [0.25, 0.3) is 0 Å². The molecule has 1 fully saturated rings. The average molecular weight is 227 g/mol. The molecular weight excluding hydrogens is 211 g/mol. The van der Waals surface area contributed by atoms with Gasteiger partial charge in [-0.25, -0.2) is 0 Å². The van der Waals surface area contributed by atoms with Gasteiger partial charge in [0.05, 0.1) is 0 Å². The Kier molecular flexibility index (Phi) is 3.84. The van der Waals surface area contributed by atoms with Gasteiger partial charge in [0.1, 0.15) is 0 Å². The Hall–Kier alpha value is -0.0600. The SMILES string of the molecule is ClCc1ccc(P2CCCCC2)cc1. The van der Waals surface area contributed by atoms with Gasteiger partial charge in [0, 0.05) is 5.88 Å². The van der Waals surface area contributed by atoms with Crippen molar-refractivity contribution in [2.45, 2.75) is 25.1 Å². The molecule has 14 heavy (non-hydrogen) atoms. The lowest BCUT2D eigenvalue weighted by atomic mass is 10.2. The predicted octanol–water partition coefficient (Wildman–Crippen LogP) is 3.72. The molecule has 0 amide bonds. The number of halogens is 1. The molecule has 0 aromatic heterocycles. The van der Waals surface area contributed by atoms with E-state index in [-0.39, 0.29) is 7.92 Å². The Morgan fingerprint density at radius 2 is 1.64 bits per heavy atom. The summed E-state index contributed by atoms with van der Waals surface area (Å²) >= 11 is 5.77. The molecule has 2 heteroatoms. The second-order valence-corrected chi connectivity index (χ2v) is 6.61. The average Bonchev–Trinajstić information content (AvgIpc) is 2.30. The zero-order chi connectivity index (χ0) is 9.80. The molecule has 0 bridgehead atoms. The van der Waals surface area contributed by atoms with Gasteiger partial charge >= 0.3 is 0 Å². The third-order valence-corrected chi connectivity index (χ3v) is 5.86. The first-order valence-corrected chi connectivity index (χ1v) is 7.54. The maximum atomic E-state index is 5.77. The van der Waals surface area contributed by atoms with Gasteiger partial charge < -0.3 is 0 Å². The van der Waals surface area contributed by atoms with E-state index in [1.54, 1.807) is 5.30 Å². The number of hydrogen-bond donors (Lipinski definition) is 0. The van der Waals surface area contributed by atoms with Crippen LogP contribution in [-0.2, 0) is 5.88 Å². The molecule has 1 aliphatic rings. The molecule has 1 heterocycles. The summed E-state index contributed by atoms with van der Waals surface area (Å²) in [5.41, 5.74) is 1.24. The quantitative estimate of drug-likeness (QED) is 0.533. The first kappa shape index (κ1) is 10.5. The Bertz CT molecular complexity index is 275. The van der Waals surface area contributed by atoms with Crippen LogP contribution in [0.15, 0.2) is 24.3 Å². The lowest BCUT2D eigenvalue weighted by Gasteiger charge is -2.22. The Labute approximate surface area is 92.4 Å². The van der Waals surface area contributed by atoms with Crippen LogP contribution in [0.2, 0.25) is 0 Å². The lowest BCUT2D eigenvalue weighted by molar-refractivity contribution is 0.755. The molecular formula is C12H16ClP. The van der Waals surface area contributed by atoms with E-state index in [0.29, 0.717) is 5.88 Å². The first-order chi connectivity index (χ1) is 6.90. The minimum Gasteiger partial charge on any atom is -0.122 e. The molecule has 0 spiro atoms. The molecule has 1 aliphatic heterocycles. The second kappa shape index (κ2) is 5.14. The van der Waals surface area contributed by atoms with E-state index in [4.69, 9.17) is 11.6 Å². The van der Waals surface area contributed by atoms with Crippen LogP contribution in [0.1, 0.15) is 24.8 Å². The Balaban J connectivity index is 2.07. The highest BCUT2D eigenvalue weighted by molar-refractivity contribution is 7.65. The van der Waals surface area contributed by atoms with E-state index >= 15 is 0 Å². The molecule has 0 aliphatic carbocycles. The fraction of sp³-hybridized carbons (Fsp3) is 0.500. The molecule has 76 valence electrons. The van der Waals surface area contributed by atoms with Crippen molar-refractivity contribution in [1.82, 2.24) is 0 Å². The van der Waals surface area contributed by atoms with Crippen LogP contribution >= 0.6 is 19.5 Å². The van der Waals surface area contributed by atoms with Gasteiger partial charge in [-0.2, -0.15) is 0 Å². The summed E-state index contributed by atoms with van der Waals surface area (Å²) in [5.74, 6) is 0.637. The van der Waals surface area contributed by atoms with Crippen LogP contribution < -0.4 is 5.30 Å². The summed E-state index contributed by atoms with van der Waals surface area (Å²) in [4.78, 5) is 0. The van der Waals surface area contributed by atoms with Crippen LogP contribution in [0, 0.1) is 0 Å². The molecule has 0 radical (unpaired) electrons. The van der Waals surface area contributed by atoms with E-state index in [1.165, 1.54) is 37.1 Å². The number of rotatable bonds is 2. The minimum absolute atomic E-state index is 0.173. The number of benzene rings is 1. The smallest absolute Gasteiger partial charge is 0.0474 e. The summed E-state index contributed by atoms with van der Waals surface area (Å²) in [6.45, 7) is 0. The van der Waals surface area contributed by atoms with Gasteiger partial charge in [-0.15, -0.1) is 11.6 Å². The summed E-state index contributed by atoms with van der Waals surface area (Å²) in [6, 6.07) is 8.93. The molecule has 1 aromatic rings. The second-order valence-electron chi connectivity index (χ2n) is 3.85. The van der Waals surface area contributed by atoms with Crippen LogP contribution in [0.3, 0.4) is 0 Å². The molecule has 0 N–H and O–H groups in total. The number of alkyl halides is 1. The maximum Gasteiger partial charge on any atom is 0.0474 e. The standard InChI is InChI=1S/C12H16ClP/c13-10-11-4-6-12(7-5-11)14-8-2-1-3-9-14/h4-7H,1-3,8-10H2. The van der Waals surface area contributed by atoms with Crippen LogP contribution in [-0.4, -0.2) is 12.3 Å². The van der Waals surface area contributed by atoms with Gasteiger partial charge in [0.2, 0.25) is 0 Å². The molecule has 0 atom stereocenters. The Morgan fingerprint density at radius 3 is 2.21 bits per heavy atom. The van der Waals surface area contributed by atoms with Crippen molar-refractivity contribution in [2.24, 2.45) is 0 Å². The normalized spacial score (nSPS) is 18.4. The largest absolute Gasteiger partial charge is 0.122 e. The summed E-state index contributed by atoms with van der Waals surface area (Å²) in [6.07, 6.45) is 7.19. The molecule has 1 aromatic carbocycles. The van der Waals surface area contributed by atoms with E-state index < -0.39 is 0 Å². The van der Waals surface area contributed by atoms with E-state index in [9.17, 15) is 0 Å². The van der Waals surface area contributed by atoms with Gasteiger partial charge in [-0.3, -0.25) is 0 Å². The Morgan fingerprint density at radius 1 is 1.00 bits per heavy atom. The van der Waals surface area contributed by atoms with Crippen LogP contribution in [0.5, 0.6) is 0 Å². The zero-order valence-corrected chi connectivity index (χ0v) is 10.0. The van der Waals surface area contributed by atoms with Crippen molar-refractivity contribution in [3.05, 3.63) is 29.8 Å². The minimum atomic E-state index is 0.173. The van der Waals surface area contributed by atoms with Crippen molar-refractivity contribution in [3.8, 4) is 0 Å². The van der Waals surface area contributed by atoms with Crippen molar-refractivity contribution >= 4 is 24.8 Å². The topological polar surface area (TPSA) is 0 Å². The summed E-state index contributed by atoms with van der Waals surface area (Å²) in [5, 5.41) is 1.58. The van der Waals surface area contributed by atoms with Gasteiger partial charge in [0.15, 0.2) is 0 Å². The fourth-order valence-corrected chi connectivity index (χ4v) is 4.65. The number of hydrogen-bond acceptors (Lipinski definition) is 0. The monoisotopic (exact) mass is 226 g/mol. The molecule has 1 saturated heterocycles. The molecule has 0 nitrogen and oxygen atoms in total. The lowest BCUT2D eigenvalue weighted by Crippen LogP contribution is -2.10. The summed E-state index contributed by atoms with van der Waals surface area (Å²) < 4.78 is 0. The zero-order valence-electron chi connectivity index (χ0n) is 8.38. The van der Waals surface area contributed by atoms with Crippen molar-refractivity contribution < 1.29 is 0 Å². The van der Waals surface area contributed by atoms with Gasteiger partial charge in [-0.05, 0) is 36.0 Å². The highest BCUT2D eigenvalue weighted by atomic mass is 35.5. The van der Waals surface area contributed by atoms with E-state index in [1.807, 2.05) is 0 Å². The van der Waals surface area contributed by atoms with Crippen molar-refractivity contribution in [3.63, 3.8) is 0 Å². The maximum absolute atomic E-state index is 5.77. The molecule has 0 unspecified atom stereocenters. The predicted molar refractivity (Wildman–Crippen MR) is 66.1 cm³/mol. The highest BCUT2D eigenvalue weighted by Gasteiger charge is 2.14. The van der Waals surface area contributed by atoms with Crippen LogP contribution in [0.4, 0.5) is 0 Å². The highest BCUT2D eigenvalue weighted by Crippen LogP contribution is 2.40. The fourth-order valence-electron chi connectivity index (χ4n) is 1.95. The van der Waals surface area contributed by atoms with Gasteiger partial charge in [0.25, 0.3) is 0 Å². The van der Waals surface area contributed by atoms with E-state index in [2.05, 4.69) is 24.3 Å². The third-order valence-electron chi connectivity index (χ3n) is 2.81. The summed E-state index contributed by atoms with van der Waals surface area (Å²) in [7, 11) is 0.173. The first-order valence-electron chi connectivity index (χ1n) is 5.30. The van der Waals surface area contributed by atoms with Crippen molar-refractivity contribution in [1.29, 1.82) is 0 Å². The third kappa shape index (κ3) is 2.49. The molecule has 0 saturated carbocycles. The van der Waals surface area contributed by atoms with Crippen molar-refractivity contribution in [2.75, 3.05) is 12.3 Å². The molecule has 2 rings (SSSR count). The van der Waals surface area contributed by atoms with E-state index in [0.717, 1.165) is 0 Å². The van der Waals surface area contributed by atoms with Gasteiger partial charge in [-0.1, -0.05) is 38.6 Å².